The average Bonchev–Trinajstić information content (AvgIpc) is 2.88. The number of carbonyl (C=O) groups is 1. The molecule has 17 heavy (non-hydrogen) atoms. The van der Waals surface area contributed by atoms with E-state index in [1.54, 1.807) is 10.9 Å². The molecule has 0 aromatic carbocycles. The highest BCUT2D eigenvalue weighted by molar-refractivity contribution is 7.09. The van der Waals surface area contributed by atoms with Crippen molar-refractivity contribution in [3.8, 4) is 0 Å². The number of rotatable bonds is 5. The van der Waals surface area contributed by atoms with Gasteiger partial charge in [0.1, 0.15) is 5.69 Å². The molecule has 2 heterocycles. The predicted molar refractivity (Wildman–Crippen MR) is 64.0 cm³/mol. The molecule has 0 aliphatic heterocycles. The second-order valence-electron chi connectivity index (χ2n) is 3.61. The van der Waals surface area contributed by atoms with Crippen molar-refractivity contribution in [1.29, 1.82) is 0 Å². The molecule has 90 valence electrons. The molecule has 0 aliphatic rings. The van der Waals surface area contributed by atoms with Gasteiger partial charge >= 0.3 is 0 Å². The molecule has 0 fully saturated rings. The summed E-state index contributed by atoms with van der Waals surface area (Å²) < 4.78 is 1.57. The van der Waals surface area contributed by atoms with E-state index in [0.717, 1.165) is 10.7 Å². The summed E-state index contributed by atoms with van der Waals surface area (Å²) in [6.45, 7) is 2.95. The predicted octanol–water partition coefficient (Wildman–Crippen LogP) is 0.427. The number of aromatic nitrogens is 4. The molecule has 0 atom stereocenters. The van der Waals surface area contributed by atoms with Crippen LogP contribution in [0.25, 0.3) is 0 Å². The molecule has 0 bridgehead atoms. The fourth-order valence-corrected chi connectivity index (χ4v) is 2.02. The number of nitrogens with two attached hydrogens (primary N) is 1. The van der Waals surface area contributed by atoms with Crippen molar-refractivity contribution in [2.75, 3.05) is 6.54 Å². The van der Waals surface area contributed by atoms with E-state index < -0.39 is 0 Å². The summed E-state index contributed by atoms with van der Waals surface area (Å²) in [5.41, 5.74) is 6.54. The Morgan fingerprint density at radius 3 is 3.06 bits per heavy atom. The molecule has 0 radical (unpaired) electrons. The van der Waals surface area contributed by atoms with Gasteiger partial charge in [-0.05, 0) is 6.92 Å². The number of hydrogen-bond acceptors (Lipinski definition) is 6. The zero-order valence-electron chi connectivity index (χ0n) is 9.46. The molecule has 0 unspecified atom stereocenters. The molecule has 0 saturated carbocycles. The quantitative estimate of drug-likeness (QED) is 0.778. The van der Waals surface area contributed by atoms with Crippen LogP contribution in [0.2, 0.25) is 0 Å². The van der Waals surface area contributed by atoms with Gasteiger partial charge in [0.2, 0.25) is 0 Å². The molecule has 2 aromatic rings. The summed E-state index contributed by atoms with van der Waals surface area (Å²) in [7, 11) is 0. The lowest BCUT2D eigenvalue weighted by atomic mass is 10.2. The Balaban J connectivity index is 2.03. The minimum Gasteiger partial charge on any atom is -0.329 e. The van der Waals surface area contributed by atoms with Crippen LogP contribution in [0.1, 0.15) is 21.2 Å². The zero-order valence-corrected chi connectivity index (χ0v) is 10.3. The van der Waals surface area contributed by atoms with Crippen molar-refractivity contribution in [1.82, 2.24) is 20.0 Å². The Kier molecular flexibility index (Phi) is 3.60. The molecule has 2 N–H and O–H groups in total. The van der Waals surface area contributed by atoms with Crippen molar-refractivity contribution in [3.63, 3.8) is 0 Å². The lowest BCUT2D eigenvalue weighted by Gasteiger charge is -1.93. The van der Waals surface area contributed by atoms with Crippen LogP contribution in [0.4, 0.5) is 0 Å². The van der Waals surface area contributed by atoms with Crippen LogP contribution in [-0.4, -0.2) is 32.3 Å². The molecule has 0 spiro atoms. The maximum atomic E-state index is 11.9. The van der Waals surface area contributed by atoms with E-state index >= 15 is 0 Å². The Hall–Kier alpha value is -1.60. The van der Waals surface area contributed by atoms with Gasteiger partial charge in [0.25, 0.3) is 0 Å². The van der Waals surface area contributed by atoms with Crippen LogP contribution < -0.4 is 5.73 Å². The second-order valence-corrected chi connectivity index (χ2v) is 4.68. The largest absolute Gasteiger partial charge is 0.329 e. The first-order valence-corrected chi connectivity index (χ1v) is 6.11. The van der Waals surface area contributed by atoms with E-state index in [9.17, 15) is 4.79 Å². The fraction of sp³-hybridized carbons (Fsp3) is 0.400. The van der Waals surface area contributed by atoms with Crippen molar-refractivity contribution in [2.45, 2.75) is 19.9 Å². The number of carbonyl (C=O) groups excluding carboxylic acids is 1. The van der Waals surface area contributed by atoms with Crippen molar-refractivity contribution in [3.05, 3.63) is 28.0 Å². The SMILES string of the molecule is Cc1nc(CC(=O)c2cn(CCN)nn2)cs1. The molecular formula is C10H13N5OS. The second kappa shape index (κ2) is 5.15. The number of nitrogens with zero attached hydrogens (tertiary/aromatic N) is 4. The molecule has 2 aromatic heterocycles. The minimum atomic E-state index is -0.0708. The summed E-state index contributed by atoms with van der Waals surface area (Å²) >= 11 is 1.53. The van der Waals surface area contributed by atoms with Crippen molar-refractivity contribution >= 4 is 17.1 Å². The van der Waals surface area contributed by atoms with E-state index in [1.165, 1.54) is 11.3 Å². The number of hydrogen-bond donors (Lipinski definition) is 1. The summed E-state index contributed by atoms with van der Waals surface area (Å²) in [5.74, 6) is -0.0708. The highest BCUT2D eigenvalue weighted by Gasteiger charge is 2.13. The van der Waals surface area contributed by atoms with Gasteiger partial charge in [-0.1, -0.05) is 5.21 Å². The van der Waals surface area contributed by atoms with Crippen LogP contribution in [0, 0.1) is 6.92 Å². The molecule has 0 saturated heterocycles. The molecule has 0 amide bonds. The molecule has 6 nitrogen and oxygen atoms in total. The van der Waals surface area contributed by atoms with E-state index in [4.69, 9.17) is 5.73 Å². The van der Waals surface area contributed by atoms with Gasteiger partial charge in [-0.25, -0.2) is 4.98 Å². The van der Waals surface area contributed by atoms with E-state index in [1.807, 2.05) is 12.3 Å². The summed E-state index contributed by atoms with van der Waals surface area (Å²) in [6, 6.07) is 0. The summed E-state index contributed by atoms with van der Waals surface area (Å²) in [4.78, 5) is 16.1. The zero-order chi connectivity index (χ0) is 12.3. The normalized spacial score (nSPS) is 10.7. The van der Waals surface area contributed by atoms with Gasteiger partial charge < -0.3 is 5.73 Å². The lowest BCUT2D eigenvalue weighted by Crippen LogP contribution is -2.10. The Labute approximate surface area is 102 Å². The Bertz CT molecular complexity index is 518. The third-order valence-electron chi connectivity index (χ3n) is 2.19. The highest BCUT2D eigenvalue weighted by atomic mass is 32.1. The molecular weight excluding hydrogens is 238 g/mol. The summed E-state index contributed by atoms with van der Waals surface area (Å²) in [5, 5.41) is 10.5. The number of ketones is 1. The van der Waals surface area contributed by atoms with Gasteiger partial charge in [0, 0.05) is 11.9 Å². The molecule has 7 heteroatoms. The monoisotopic (exact) mass is 251 g/mol. The maximum absolute atomic E-state index is 11.9. The third-order valence-corrected chi connectivity index (χ3v) is 3.01. The van der Waals surface area contributed by atoms with Gasteiger partial charge in [-0.2, -0.15) is 0 Å². The van der Waals surface area contributed by atoms with Gasteiger partial charge in [0.15, 0.2) is 5.78 Å². The van der Waals surface area contributed by atoms with Crippen LogP contribution in [0.15, 0.2) is 11.6 Å². The molecule has 0 aliphatic carbocycles. The smallest absolute Gasteiger partial charge is 0.190 e. The fourth-order valence-electron chi connectivity index (χ4n) is 1.41. The van der Waals surface area contributed by atoms with Crippen molar-refractivity contribution in [2.24, 2.45) is 5.73 Å². The standard InChI is InChI=1S/C10H13N5OS/c1-7-12-8(6-17-7)4-10(16)9-5-15(3-2-11)14-13-9/h5-6H,2-4,11H2,1H3. The lowest BCUT2D eigenvalue weighted by molar-refractivity contribution is 0.0987. The highest BCUT2D eigenvalue weighted by Crippen LogP contribution is 2.10. The third kappa shape index (κ3) is 2.95. The number of Topliss-reactive ketones (excluding diaryl/α,β-unsaturated/α-hetero) is 1. The Morgan fingerprint density at radius 1 is 1.59 bits per heavy atom. The van der Waals surface area contributed by atoms with Gasteiger partial charge in [-0.15, -0.1) is 16.4 Å². The first-order valence-electron chi connectivity index (χ1n) is 5.23. The van der Waals surface area contributed by atoms with Crippen LogP contribution >= 0.6 is 11.3 Å². The van der Waals surface area contributed by atoms with E-state index in [-0.39, 0.29) is 12.2 Å². The van der Waals surface area contributed by atoms with Crippen molar-refractivity contribution < 1.29 is 4.79 Å². The van der Waals surface area contributed by atoms with Gasteiger partial charge in [-0.3, -0.25) is 9.48 Å². The van der Waals surface area contributed by atoms with E-state index in [2.05, 4.69) is 15.3 Å². The maximum Gasteiger partial charge on any atom is 0.190 e. The first kappa shape index (κ1) is 11.9. The molecule has 2 rings (SSSR count). The van der Waals surface area contributed by atoms with Crippen LogP contribution in [0.5, 0.6) is 0 Å². The topological polar surface area (TPSA) is 86.7 Å². The first-order chi connectivity index (χ1) is 8.19. The average molecular weight is 251 g/mol. The van der Waals surface area contributed by atoms with Gasteiger partial charge in [0.05, 0.1) is 29.9 Å². The summed E-state index contributed by atoms with van der Waals surface area (Å²) in [6.07, 6.45) is 1.89. The van der Waals surface area contributed by atoms with E-state index in [0.29, 0.717) is 18.8 Å². The van der Waals surface area contributed by atoms with Crippen LogP contribution in [0.3, 0.4) is 0 Å². The Morgan fingerprint density at radius 2 is 2.41 bits per heavy atom. The number of thiazole rings is 1. The number of aryl methyl sites for hydroxylation is 1. The minimum absolute atomic E-state index is 0.0708. The van der Waals surface area contributed by atoms with Crippen LogP contribution in [-0.2, 0) is 13.0 Å².